The average Bonchev–Trinajstić information content (AvgIpc) is 2.22. The number of rotatable bonds is 9. The normalized spacial score (nSPS) is 11.5. The molecule has 0 unspecified atom stereocenters. The molecule has 0 aromatic carbocycles. The van der Waals surface area contributed by atoms with Gasteiger partial charge in [0.05, 0.1) is 6.61 Å². The first-order chi connectivity index (χ1) is 7.52. The summed E-state index contributed by atoms with van der Waals surface area (Å²) in [6, 6.07) is 0. The van der Waals surface area contributed by atoms with Crippen molar-refractivity contribution < 1.29 is 14.3 Å². The van der Waals surface area contributed by atoms with Gasteiger partial charge in [-0.1, -0.05) is 13.8 Å². The van der Waals surface area contributed by atoms with Crippen molar-refractivity contribution in [2.45, 2.75) is 40.0 Å². The Kier molecular flexibility index (Phi) is 8.21. The SMILES string of the molecule is CCOCCOC(=O)CCC(C)(C)CCN. The highest BCUT2D eigenvalue weighted by Gasteiger charge is 2.18. The van der Waals surface area contributed by atoms with Crippen LogP contribution in [0.1, 0.15) is 40.0 Å². The summed E-state index contributed by atoms with van der Waals surface area (Å²) in [5, 5.41) is 0. The first-order valence-corrected chi connectivity index (χ1v) is 5.95. The Balaban J connectivity index is 3.56. The van der Waals surface area contributed by atoms with Crippen molar-refractivity contribution in [3.05, 3.63) is 0 Å². The third kappa shape index (κ3) is 8.68. The fourth-order valence-electron chi connectivity index (χ4n) is 1.39. The molecule has 0 heterocycles. The molecule has 0 aliphatic carbocycles. The number of nitrogens with two attached hydrogens (primary N) is 1. The Hall–Kier alpha value is -0.610. The predicted octanol–water partition coefficient (Wildman–Crippen LogP) is 1.72. The molecule has 0 amide bonds. The Morgan fingerprint density at radius 3 is 2.50 bits per heavy atom. The zero-order valence-corrected chi connectivity index (χ0v) is 10.8. The largest absolute Gasteiger partial charge is 0.463 e. The minimum Gasteiger partial charge on any atom is -0.463 e. The van der Waals surface area contributed by atoms with Crippen molar-refractivity contribution in [3.63, 3.8) is 0 Å². The zero-order valence-electron chi connectivity index (χ0n) is 10.8. The van der Waals surface area contributed by atoms with Crippen LogP contribution in [0.4, 0.5) is 0 Å². The lowest BCUT2D eigenvalue weighted by Crippen LogP contribution is -2.19. The molecule has 0 fully saturated rings. The van der Waals surface area contributed by atoms with Gasteiger partial charge in [0.1, 0.15) is 6.61 Å². The maximum absolute atomic E-state index is 11.3. The summed E-state index contributed by atoms with van der Waals surface area (Å²) < 4.78 is 10.1. The smallest absolute Gasteiger partial charge is 0.305 e. The highest BCUT2D eigenvalue weighted by atomic mass is 16.6. The van der Waals surface area contributed by atoms with Gasteiger partial charge >= 0.3 is 5.97 Å². The molecule has 0 radical (unpaired) electrons. The lowest BCUT2D eigenvalue weighted by molar-refractivity contribution is -0.145. The summed E-state index contributed by atoms with van der Waals surface area (Å²) in [5.74, 6) is -0.148. The second kappa shape index (κ2) is 8.53. The highest BCUT2D eigenvalue weighted by Crippen LogP contribution is 2.25. The quantitative estimate of drug-likeness (QED) is 0.485. The van der Waals surface area contributed by atoms with Gasteiger partial charge in [-0.2, -0.15) is 0 Å². The third-order valence-corrected chi connectivity index (χ3v) is 2.52. The predicted molar refractivity (Wildman–Crippen MR) is 64.1 cm³/mol. The molecule has 96 valence electrons. The van der Waals surface area contributed by atoms with Crippen molar-refractivity contribution >= 4 is 5.97 Å². The van der Waals surface area contributed by atoms with E-state index < -0.39 is 0 Å². The van der Waals surface area contributed by atoms with E-state index in [-0.39, 0.29) is 11.4 Å². The first-order valence-electron chi connectivity index (χ1n) is 5.95. The van der Waals surface area contributed by atoms with E-state index in [2.05, 4.69) is 13.8 Å². The maximum Gasteiger partial charge on any atom is 0.305 e. The van der Waals surface area contributed by atoms with Crippen LogP contribution >= 0.6 is 0 Å². The molecule has 0 aromatic rings. The Morgan fingerprint density at radius 1 is 1.25 bits per heavy atom. The lowest BCUT2D eigenvalue weighted by Gasteiger charge is -2.22. The molecule has 0 aliphatic heterocycles. The van der Waals surface area contributed by atoms with Crippen LogP contribution in [0.25, 0.3) is 0 Å². The molecular weight excluding hydrogens is 206 g/mol. The van der Waals surface area contributed by atoms with Crippen molar-refractivity contribution in [2.75, 3.05) is 26.4 Å². The van der Waals surface area contributed by atoms with Gasteiger partial charge < -0.3 is 15.2 Å². The van der Waals surface area contributed by atoms with Crippen molar-refractivity contribution in [1.82, 2.24) is 0 Å². The van der Waals surface area contributed by atoms with Gasteiger partial charge in [0, 0.05) is 13.0 Å². The molecule has 0 bridgehead atoms. The molecule has 0 saturated heterocycles. The van der Waals surface area contributed by atoms with E-state index >= 15 is 0 Å². The van der Waals surface area contributed by atoms with Gasteiger partial charge in [0.2, 0.25) is 0 Å². The number of hydrogen-bond donors (Lipinski definition) is 1. The summed E-state index contributed by atoms with van der Waals surface area (Å²) in [4.78, 5) is 11.3. The molecular formula is C12H25NO3. The number of carbonyl (C=O) groups excluding carboxylic acids is 1. The summed E-state index contributed by atoms with van der Waals surface area (Å²) in [6.07, 6.45) is 2.20. The molecule has 0 spiro atoms. The van der Waals surface area contributed by atoms with Gasteiger partial charge in [-0.25, -0.2) is 0 Å². The summed E-state index contributed by atoms with van der Waals surface area (Å²) in [7, 11) is 0. The van der Waals surface area contributed by atoms with Crippen molar-refractivity contribution in [2.24, 2.45) is 11.1 Å². The van der Waals surface area contributed by atoms with Crippen LogP contribution in [0.15, 0.2) is 0 Å². The fourth-order valence-corrected chi connectivity index (χ4v) is 1.39. The standard InChI is InChI=1S/C12H25NO3/c1-4-15-9-10-16-11(14)5-6-12(2,3)7-8-13/h4-10,13H2,1-3H3. The molecule has 16 heavy (non-hydrogen) atoms. The van der Waals surface area contributed by atoms with Gasteiger partial charge in [0.25, 0.3) is 0 Å². The van der Waals surface area contributed by atoms with Crippen LogP contribution in [-0.2, 0) is 14.3 Å². The van der Waals surface area contributed by atoms with E-state index in [1.807, 2.05) is 6.92 Å². The second-order valence-electron chi connectivity index (χ2n) is 4.62. The van der Waals surface area contributed by atoms with E-state index in [0.29, 0.717) is 32.8 Å². The summed E-state index contributed by atoms with van der Waals surface area (Å²) in [6.45, 7) is 8.30. The fraction of sp³-hybridized carbons (Fsp3) is 0.917. The van der Waals surface area contributed by atoms with Crippen molar-refractivity contribution in [3.8, 4) is 0 Å². The first kappa shape index (κ1) is 15.4. The topological polar surface area (TPSA) is 61.5 Å². The molecule has 2 N–H and O–H groups in total. The van der Waals surface area contributed by atoms with E-state index in [1.165, 1.54) is 0 Å². The highest BCUT2D eigenvalue weighted by molar-refractivity contribution is 5.69. The Labute approximate surface area is 98.5 Å². The number of esters is 1. The van der Waals surface area contributed by atoms with Crippen LogP contribution in [0.5, 0.6) is 0 Å². The third-order valence-electron chi connectivity index (χ3n) is 2.52. The van der Waals surface area contributed by atoms with E-state index in [4.69, 9.17) is 15.2 Å². The molecule has 0 atom stereocenters. The van der Waals surface area contributed by atoms with Crippen LogP contribution in [0.2, 0.25) is 0 Å². The molecule has 4 heteroatoms. The van der Waals surface area contributed by atoms with Crippen LogP contribution in [-0.4, -0.2) is 32.3 Å². The monoisotopic (exact) mass is 231 g/mol. The van der Waals surface area contributed by atoms with Gasteiger partial charge in [-0.05, 0) is 31.7 Å². The van der Waals surface area contributed by atoms with Gasteiger partial charge in [-0.15, -0.1) is 0 Å². The molecule has 0 aromatic heterocycles. The minimum atomic E-state index is -0.148. The average molecular weight is 231 g/mol. The van der Waals surface area contributed by atoms with E-state index in [9.17, 15) is 4.79 Å². The van der Waals surface area contributed by atoms with Crippen LogP contribution in [0.3, 0.4) is 0 Å². The summed E-state index contributed by atoms with van der Waals surface area (Å²) in [5.41, 5.74) is 5.62. The van der Waals surface area contributed by atoms with Gasteiger partial charge in [0.15, 0.2) is 0 Å². The second-order valence-corrected chi connectivity index (χ2v) is 4.62. The number of carbonyl (C=O) groups is 1. The zero-order chi connectivity index (χ0) is 12.4. The lowest BCUT2D eigenvalue weighted by atomic mass is 9.84. The van der Waals surface area contributed by atoms with Crippen LogP contribution in [0, 0.1) is 5.41 Å². The Morgan fingerprint density at radius 2 is 1.94 bits per heavy atom. The van der Waals surface area contributed by atoms with Crippen molar-refractivity contribution in [1.29, 1.82) is 0 Å². The summed E-state index contributed by atoms with van der Waals surface area (Å²) >= 11 is 0. The van der Waals surface area contributed by atoms with E-state index in [0.717, 1.165) is 12.8 Å². The Bertz CT molecular complexity index is 193. The van der Waals surface area contributed by atoms with Gasteiger partial charge in [-0.3, -0.25) is 4.79 Å². The molecule has 0 aliphatic rings. The number of ether oxygens (including phenoxy) is 2. The minimum absolute atomic E-state index is 0.119. The van der Waals surface area contributed by atoms with Crippen LogP contribution < -0.4 is 5.73 Å². The molecule has 0 rings (SSSR count). The molecule has 0 saturated carbocycles. The maximum atomic E-state index is 11.3. The number of hydrogen-bond acceptors (Lipinski definition) is 4. The molecule has 4 nitrogen and oxygen atoms in total. The van der Waals surface area contributed by atoms with E-state index in [1.54, 1.807) is 0 Å².